The summed E-state index contributed by atoms with van der Waals surface area (Å²) in [6.45, 7) is 0. The highest BCUT2D eigenvalue weighted by molar-refractivity contribution is 7.97. The third-order valence-corrected chi connectivity index (χ3v) is 0. The standard InChI is InChI=1S/C2H6S.CH4/c1-3-2;/h1-2H3;1H4/i;1D. The predicted molar refractivity (Wildman–Crippen MR) is 26.2 cm³/mol. The third kappa shape index (κ3) is 35.0. The zero-order valence-corrected chi connectivity index (χ0v) is 4.22. The molecule has 4 heavy (non-hydrogen) atoms. The number of hydrogen-bond acceptors (Lipinski definition) is 1. The van der Waals surface area contributed by atoms with Gasteiger partial charge in [-0.2, -0.15) is 11.8 Å². The summed E-state index contributed by atoms with van der Waals surface area (Å²) in [5.74, 6) is 0. The van der Waals surface area contributed by atoms with Gasteiger partial charge in [-0.15, -0.1) is 0 Å². The van der Waals surface area contributed by atoms with Crippen LogP contribution in [0.2, 0.25) is 0 Å². The molecule has 0 nitrogen and oxygen atoms in total. The molecule has 28 valence electrons. The summed E-state index contributed by atoms with van der Waals surface area (Å²) in [7, 11) is 1.25. The van der Waals surface area contributed by atoms with E-state index in [4.69, 9.17) is 1.37 Å². The molecule has 0 amide bonds. The lowest BCUT2D eigenvalue weighted by Gasteiger charge is -1.51. The van der Waals surface area contributed by atoms with Crippen molar-refractivity contribution in [2.45, 2.75) is 7.40 Å². The van der Waals surface area contributed by atoms with Gasteiger partial charge in [0.15, 0.2) is 0 Å². The summed E-state index contributed by atoms with van der Waals surface area (Å²) in [5.41, 5.74) is 0. The largest absolute Gasteiger partial charge is 0.169 e. The van der Waals surface area contributed by atoms with Crippen LogP contribution in [-0.4, -0.2) is 12.5 Å². The molecular weight excluding hydrogens is 68.1 g/mol. The first-order chi connectivity index (χ1) is 2.41. The highest BCUT2D eigenvalue weighted by Crippen LogP contribution is 1.70. The van der Waals surface area contributed by atoms with Gasteiger partial charge in [0.2, 0.25) is 0 Å². The molecule has 0 radical (unpaired) electrons. The average Bonchev–Trinajstić information content (AvgIpc) is 1.46. The summed E-state index contributed by atoms with van der Waals surface area (Å²) in [6.07, 6.45) is 4.08. The molecule has 0 unspecified atom stereocenters. The van der Waals surface area contributed by atoms with Crippen LogP contribution >= 0.6 is 11.8 Å². The minimum Gasteiger partial charge on any atom is -0.169 e. The van der Waals surface area contributed by atoms with Crippen molar-refractivity contribution in [2.24, 2.45) is 0 Å². The molecule has 0 atom stereocenters. The molecule has 1 heteroatoms. The second-order valence-electron chi connectivity index (χ2n) is 0.408. The minimum atomic E-state index is 1.25. The fourth-order valence-corrected chi connectivity index (χ4v) is 0. The Kier molecular flexibility index (Phi) is 11.0. The summed E-state index contributed by atoms with van der Waals surface area (Å²) in [5, 5.41) is 0. The Morgan fingerprint density at radius 1 is 1.75 bits per heavy atom. The van der Waals surface area contributed by atoms with Crippen molar-refractivity contribution in [2.75, 3.05) is 12.5 Å². The van der Waals surface area contributed by atoms with Crippen LogP contribution in [0.3, 0.4) is 0 Å². The van der Waals surface area contributed by atoms with E-state index < -0.39 is 0 Å². The molecular formula is C3H10S. The minimum absolute atomic E-state index is 1.25. The second-order valence-corrected chi connectivity index (χ2v) is 1.22. The van der Waals surface area contributed by atoms with Crippen molar-refractivity contribution in [3.8, 4) is 0 Å². The lowest BCUT2D eigenvalue weighted by atomic mass is 11.9. The Labute approximate surface area is 34.0 Å². The molecule has 0 aliphatic heterocycles. The Balaban J connectivity index is 0. The molecule has 0 aliphatic carbocycles. The number of rotatable bonds is 0. The van der Waals surface area contributed by atoms with E-state index in [0.29, 0.717) is 0 Å². The molecule has 0 aromatic heterocycles. The third-order valence-electron chi connectivity index (χ3n) is 0. The molecule has 0 aliphatic rings. The van der Waals surface area contributed by atoms with Gasteiger partial charge in [0.05, 0.1) is 0 Å². The number of thioether (sulfide) groups is 1. The van der Waals surface area contributed by atoms with Crippen LogP contribution < -0.4 is 0 Å². The maximum absolute atomic E-state index is 5.75. The fourth-order valence-electron chi connectivity index (χ4n) is 0. The van der Waals surface area contributed by atoms with Gasteiger partial charge < -0.3 is 0 Å². The Morgan fingerprint density at radius 3 is 1.75 bits per heavy atom. The monoisotopic (exact) mass is 79.1 g/mol. The highest BCUT2D eigenvalue weighted by atomic mass is 32.2. The van der Waals surface area contributed by atoms with Crippen LogP contribution in [0.15, 0.2) is 0 Å². The van der Waals surface area contributed by atoms with Gasteiger partial charge in [-0.05, 0) is 12.5 Å². The average molecular weight is 79.2 g/mol. The zero-order chi connectivity index (χ0) is 4.71. The Bertz CT molecular complexity index is 6.85. The van der Waals surface area contributed by atoms with Crippen LogP contribution in [0.25, 0.3) is 0 Å². The van der Waals surface area contributed by atoms with Gasteiger partial charge in [0.25, 0.3) is 0 Å². The van der Waals surface area contributed by atoms with E-state index in [-0.39, 0.29) is 0 Å². The van der Waals surface area contributed by atoms with Crippen LogP contribution in [0.4, 0.5) is 0 Å². The molecule has 0 N–H and O–H groups in total. The summed E-state index contributed by atoms with van der Waals surface area (Å²) in [4.78, 5) is 0. The van der Waals surface area contributed by atoms with Gasteiger partial charge in [0.1, 0.15) is 0 Å². The van der Waals surface area contributed by atoms with E-state index in [2.05, 4.69) is 0 Å². The lowest BCUT2D eigenvalue weighted by molar-refractivity contribution is 2.37. The smallest absolute Gasteiger partial charge is 0.0194 e. The highest BCUT2D eigenvalue weighted by Gasteiger charge is 1.32. The second kappa shape index (κ2) is 10.2. The van der Waals surface area contributed by atoms with E-state index in [0.717, 1.165) is 0 Å². The SMILES string of the molecule is CSC.[2H]C. The van der Waals surface area contributed by atoms with E-state index in [1.165, 1.54) is 7.40 Å². The van der Waals surface area contributed by atoms with E-state index in [1.54, 1.807) is 11.8 Å². The van der Waals surface area contributed by atoms with Gasteiger partial charge in [0, 0.05) is 1.37 Å². The summed E-state index contributed by atoms with van der Waals surface area (Å²) in [6, 6.07) is 0. The van der Waals surface area contributed by atoms with Crippen molar-refractivity contribution in [1.29, 1.82) is 0 Å². The van der Waals surface area contributed by atoms with Crippen LogP contribution in [0.5, 0.6) is 0 Å². The van der Waals surface area contributed by atoms with Crippen molar-refractivity contribution in [3.63, 3.8) is 0 Å². The fraction of sp³-hybridized carbons (Fsp3) is 1.00. The van der Waals surface area contributed by atoms with E-state index in [1.807, 2.05) is 12.5 Å². The molecule has 0 saturated heterocycles. The first-order valence-corrected chi connectivity index (χ1v) is 2.45. The Hall–Kier alpha value is 0.350. The van der Waals surface area contributed by atoms with Crippen LogP contribution in [0, 0.1) is 0 Å². The van der Waals surface area contributed by atoms with Gasteiger partial charge in [-0.3, -0.25) is 0 Å². The molecule has 0 spiro atoms. The molecule has 0 saturated carbocycles. The summed E-state index contributed by atoms with van der Waals surface area (Å²) < 4.78 is 5.75. The van der Waals surface area contributed by atoms with Gasteiger partial charge in [-0.25, -0.2) is 0 Å². The maximum Gasteiger partial charge on any atom is 0.0194 e. The van der Waals surface area contributed by atoms with Crippen LogP contribution in [-0.2, 0) is 0 Å². The maximum atomic E-state index is 5.75. The van der Waals surface area contributed by atoms with Gasteiger partial charge >= 0.3 is 0 Å². The van der Waals surface area contributed by atoms with Crippen molar-refractivity contribution < 1.29 is 1.37 Å². The summed E-state index contributed by atoms with van der Waals surface area (Å²) >= 11 is 1.75. The molecule has 0 heterocycles. The van der Waals surface area contributed by atoms with E-state index in [9.17, 15) is 0 Å². The molecule has 0 aromatic carbocycles. The van der Waals surface area contributed by atoms with Crippen LogP contribution in [0.1, 0.15) is 8.77 Å². The van der Waals surface area contributed by atoms with Crippen molar-refractivity contribution in [1.82, 2.24) is 0 Å². The van der Waals surface area contributed by atoms with Crippen molar-refractivity contribution >= 4 is 11.8 Å². The molecule has 0 fully saturated rings. The Morgan fingerprint density at radius 2 is 1.75 bits per heavy atom. The van der Waals surface area contributed by atoms with Crippen molar-refractivity contribution in [3.05, 3.63) is 0 Å². The molecule has 0 rings (SSSR count). The first-order valence-electron chi connectivity index (χ1n) is 1.82. The normalized spacial score (nSPS) is 6.25. The van der Waals surface area contributed by atoms with E-state index >= 15 is 0 Å². The molecule has 0 bridgehead atoms. The predicted octanol–water partition coefficient (Wildman–Crippen LogP) is 1.62. The quantitative estimate of drug-likeness (QED) is 0.425. The topological polar surface area (TPSA) is 0 Å². The zero-order valence-electron chi connectivity index (χ0n) is 4.41. The van der Waals surface area contributed by atoms with Gasteiger partial charge in [-0.1, -0.05) is 7.40 Å². The molecule has 0 aromatic rings. The first kappa shape index (κ1) is 4.35. The number of hydrogen-bond donors (Lipinski definition) is 0. The lowest BCUT2D eigenvalue weighted by Crippen LogP contribution is -1.25.